The van der Waals surface area contributed by atoms with Crippen LogP contribution in [0.25, 0.3) is 22.4 Å². The molecule has 2 aromatic carbocycles. The molecule has 182 valence electrons. The number of H-pyrrole nitrogens is 1. The van der Waals surface area contributed by atoms with Gasteiger partial charge in [0.15, 0.2) is 11.5 Å². The first-order chi connectivity index (χ1) is 16.8. The number of hydrogen-bond acceptors (Lipinski definition) is 7. The Morgan fingerprint density at radius 3 is 2.60 bits per heavy atom. The first-order valence-electron chi connectivity index (χ1n) is 11.2. The van der Waals surface area contributed by atoms with Gasteiger partial charge in [0.2, 0.25) is 5.88 Å². The molecule has 3 heterocycles. The lowest BCUT2D eigenvalue weighted by molar-refractivity contribution is 0.111. The lowest BCUT2D eigenvalue weighted by Gasteiger charge is -2.29. The van der Waals surface area contributed by atoms with E-state index in [-0.39, 0.29) is 16.0 Å². The molecule has 0 spiro atoms. The SMILES string of the molecule is Cc1ccc(Cl)c(S(=O)(=O)Nc2ccc(-c3nc(OC4CCN(C)CC4)c4cn[nH]c4n3)cc2)c1. The quantitative estimate of drug-likeness (QED) is 0.397. The van der Waals surface area contributed by atoms with Crippen LogP contribution >= 0.6 is 11.6 Å². The predicted molar refractivity (Wildman–Crippen MR) is 135 cm³/mol. The van der Waals surface area contributed by atoms with Crippen LogP contribution in [0.15, 0.2) is 53.6 Å². The minimum atomic E-state index is -3.84. The summed E-state index contributed by atoms with van der Waals surface area (Å²) in [6.07, 6.45) is 3.60. The molecule has 11 heteroatoms. The second kappa shape index (κ2) is 9.44. The summed E-state index contributed by atoms with van der Waals surface area (Å²) in [5, 5.41) is 7.88. The van der Waals surface area contributed by atoms with Crippen molar-refractivity contribution in [3.05, 3.63) is 59.2 Å². The number of hydrogen-bond donors (Lipinski definition) is 2. The van der Waals surface area contributed by atoms with Gasteiger partial charge in [-0.3, -0.25) is 9.82 Å². The number of benzene rings is 2. The summed E-state index contributed by atoms with van der Waals surface area (Å²) in [4.78, 5) is 11.6. The van der Waals surface area contributed by atoms with E-state index >= 15 is 0 Å². The molecule has 0 saturated carbocycles. The Hall–Kier alpha value is -3.21. The summed E-state index contributed by atoms with van der Waals surface area (Å²) in [7, 11) is -1.74. The van der Waals surface area contributed by atoms with Crippen molar-refractivity contribution in [2.75, 3.05) is 24.9 Å². The average molecular weight is 513 g/mol. The topological polar surface area (TPSA) is 113 Å². The zero-order chi connectivity index (χ0) is 24.6. The van der Waals surface area contributed by atoms with Gasteiger partial charge in [0.1, 0.15) is 16.4 Å². The van der Waals surface area contributed by atoms with Gasteiger partial charge in [-0.05, 0) is 68.8 Å². The van der Waals surface area contributed by atoms with Crippen LogP contribution in [0.1, 0.15) is 18.4 Å². The third kappa shape index (κ3) is 5.09. The highest BCUT2D eigenvalue weighted by Gasteiger charge is 2.22. The Morgan fingerprint density at radius 1 is 1.11 bits per heavy atom. The molecule has 1 fully saturated rings. The van der Waals surface area contributed by atoms with Crippen LogP contribution in [0.5, 0.6) is 5.88 Å². The van der Waals surface area contributed by atoms with Gasteiger partial charge >= 0.3 is 0 Å². The van der Waals surface area contributed by atoms with E-state index in [1.807, 2.05) is 6.92 Å². The summed E-state index contributed by atoms with van der Waals surface area (Å²) in [6.45, 7) is 3.76. The molecular weight excluding hydrogens is 488 g/mol. The first-order valence-corrected chi connectivity index (χ1v) is 13.1. The van der Waals surface area contributed by atoms with Crippen LogP contribution in [0.4, 0.5) is 5.69 Å². The minimum absolute atomic E-state index is 0.0342. The highest BCUT2D eigenvalue weighted by molar-refractivity contribution is 7.92. The van der Waals surface area contributed by atoms with E-state index in [1.54, 1.807) is 48.7 Å². The molecule has 1 aliphatic heterocycles. The highest BCUT2D eigenvalue weighted by Crippen LogP contribution is 2.29. The maximum Gasteiger partial charge on any atom is 0.263 e. The van der Waals surface area contributed by atoms with Crippen LogP contribution in [-0.4, -0.2) is 59.7 Å². The molecule has 2 N–H and O–H groups in total. The van der Waals surface area contributed by atoms with Crippen molar-refractivity contribution in [1.29, 1.82) is 0 Å². The van der Waals surface area contributed by atoms with E-state index in [0.717, 1.165) is 36.9 Å². The lowest BCUT2D eigenvalue weighted by atomic mass is 10.1. The van der Waals surface area contributed by atoms with Crippen molar-refractivity contribution < 1.29 is 13.2 Å². The Bertz CT molecular complexity index is 1460. The van der Waals surface area contributed by atoms with Gasteiger partial charge in [-0.1, -0.05) is 17.7 Å². The second-order valence-electron chi connectivity index (χ2n) is 8.72. The van der Waals surface area contributed by atoms with Crippen LogP contribution < -0.4 is 9.46 Å². The fourth-order valence-electron chi connectivity index (χ4n) is 4.00. The maximum absolute atomic E-state index is 12.8. The zero-order valence-electron chi connectivity index (χ0n) is 19.3. The van der Waals surface area contributed by atoms with Crippen LogP contribution in [0, 0.1) is 6.92 Å². The van der Waals surface area contributed by atoms with Crippen molar-refractivity contribution in [3.63, 3.8) is 0 Å². The van der Waals surface area contributed by atoms with Gasteiger partial charge in [0, 0.05) is 24.3 Å². The van der Waals surface area contributed by atoms with Crippen molar-refractivity contribution >= 4 is 38.3 Å². The number of nitrogens with zero attached hydrogens (tertiary/aromatic N) is 4. The summed E-state index contributed by atoms with van der Waals surface area (Å²) in [5.74, 6) is 0.952. The number of sulfonamides is 1. The number of aryl methyl sites for hydroxylation is 1. The third-order valence-corrected chi connectivity index (χ3v) is 7.85. The normalized spacial score (nSPS) is 15.4. The summed E-state index contributed by atoms with van der Waals surface area (Å²) in [6, 6.07) is 11.7. The van der Waals surface area contributed by atoms with Crippen LogP contribution in [0.2, 0.25) is 5.02 Å². The Morgan fingerprint density at radius 2 is 1.86 bits per heavy atom. The first kappa shape index (κ1) is 23.5. The molecule has 9 nitrogen and oxygen atoms in total. The largest absolute Gasteiger partial charge is 0.474 e. The van der Waals surface area contributed by atoms with E-state index in [0.29, 0.717) is 28.6 Å². The van der Waals surface area contributed by atoms with Gasteiger partial charge in [0.25, 0.3) is 10.0 Å². The number of halogens is 1. The van der Waals surface area contributed by atoms with Crippen LogP contribution in [0.3, 0.4) is 0 Å². The van der Waals surface area contributed by atoms with Crippen molar-refractivity contribution in [2.24, 2.45) is 0 Å². The fourth-order valence-corrected chi connectivity index (χ4v) is 5.65. The van der Waals surface area contributed by atoms with Gasteiger partial charge in [-0.15, -0.1) is 0 Å². The van der Waals surface area contributed by atoms with Gasteiger partial charge in [-0.25, -0.2) is 13.4 Å². The summed E-state index contributed by atoms with van der Waals surface area (Å²) in [5.41, 5.74) is 2.49. The zero-order valence-corrected chi connectivity index (χ0v) is 20.9. The lowest BCUT2D eigenvalue weighted by Crippen LogP contribution is -2.35. The molecule has 5 rings (SSSR count). The average Bonchev–Trinajstić information content (AvgIpc) is 3.31. The summed E-state index contributed by atoms with van der Waals surface area (Å²) >= 11 is 6.12. The molecule has 2 aromatic heterocycles. The predicted octanol–water partition coefficient (Wildman–Crippen LogP) is 4.26. The number of aromatic nitrogens is 4. The van der Waals surface area contributed by atoms with Crippen molar-refractivity contribution in [2.45, 2.75) is 30.8 Å². The molecule has 0 unspecified atom stereocenters. The number of ether oxygens (including phenoxy) is 1. The second-order valence-corrected chi connectivity index (χ2v) is 10.8. The fraction of sp³-hybridized carbons (Fsp3) is 0.292. The standard InChI is InChI=1S/C24H25ClN6O3S/c1-15-3-8-20(25)21(13-15)35(32,33)30-17-6-4-16(5-7-17)22-27-23-19(14-26-29-23)24(28-22)34-18-9-11-31(2)12-10-18/h3-8,13-14,18,30H,9-12H2,1-2H3,(H,26,27,28,29). The van der Waals surface area contributed by atoms with E-state index in [2.05, 4.69) is 36.8 Å². The minimum Gasteiger partial charge on any atom is -0.474 e. The molecule has 1 aliphatic rings. The van der Waals surface area contributed by atoms with E-state index in [4.69, 9.17) is 16.3 Å². The smallest absolute Gasteiger partial charge is 0.263 e. The van der Waals surface area contributed by atoms with E-state index < -0.39 is 10.0 Å². The Balaban J connectivity index is 1.39. The molecule has 0 amide bonds. The number of nitrogens with one attached hydrogen (secondary N) is 2. The molecule has 1 saturated heterocycles. The van der Waals surface area contributed by atoms with Crippen molar-refractivity contribution in [3.8, 4) is 17.3 Å². The maximum atomic E-state index is 12.8. The molecule has 4 aromatic rings. The Kier molecular flexibility index (Phi) is 6.35. The molecule has 0 bridgehead atoms. The number of likely N-dealkylation sites (tertiary alicyclic amines) is 1. The van der Waals surface area contributed by atoms with Crippen LogP contribution in [-0.2, 0) is 10.0 Å². The number of fused-ring (bicyclic) bond motifs is 1. The number of anilines is 1. The Labute approximate surface area is 208 Å². The monoisotopic (exact) mass is 512 g/mol. The molecule has 0 radical (unpaired) electrons. The number of rotatable bonds is 6. The van der Waals surface area contributed by atoms with Crippen molar-refractivity contribution in [1.82, 2.24) is 25.1 Å². The summed E-state index contributed by atoms with van der Waals surface area (Å²) < 4.78 is 34.5. The molecule has 35 heavy (non-hydrogen) atoms. The number of aromatic amines is 1. The number of piperidine rings is 1. The third-order valence-electron chi connectivity index (χ3n) is 5.99. The van der Waals surface area contributed by atoms with Gasteiger partial charge in [0.05, 0.1) is 11.2 Å². The van der Waals surface area contributed by atoms with Gasteiger partial charge < -0.3 is 9.64 Å². The molecular formula is C24H25ClN6O3S. The highest BCUT2D eigenvalue weighted by atomic mass is 35.5. The molecule has 0 aliphatic carbocycles. The van der Waals surface area contributed by atoms with Gasteiger partial charge in [-0.2, -0.15) is 10.1 Å². The van der Waals surface area contributed by atoms with E-state index in [1.165, 1.54) is 0 Å². The molecule has 0 atom stereocenters. The van der Waals surface area contributed by atoms with E-state index in [9.17, 15) is 8.42 Å².